The van der Waals surface area contributed by atoms with Crippen LogP contribution >= 0.6 is 0 Å². The summed E-state index contributed by atoms with van der Waals surface area (Å²) in [4.78, 5) is 12.1. The molecule has 0 saturated heterocycles. The summed E-state index contributed by atoms with van der Waals surface area (Å²) in [5.74, 6) is 0. The average molecular weight is 281 g/mol. The Balaban J connectivity index is 2.32. The van der Waals surface area contributed by atoms with Crippen molar-refractivity contribution in [3.8, 4) is 0 Å². The third kappa shape index (κ3) is 6.10. The van der Waals surface area contributed by atoms with Gasteiger partial charge < -0.3 is 15.3 Å². The van der Waals surface area contributed by atoms with Gasteiger partial charge in [0.15, 0.2) is 0 Å². The molecule has 0 radical (unpaired) electrons. The number of hydrogen-bond donors (Lipinski definition) is 2. The number of benzene rings is 1. The Hall–Kier alpha value is -1.50. The standard InChI is InChI=1S/C14H23N3O3/c1-14(18,11-16(2)3)10-15-9-8-12-4-6-13(7-5-12)17(19)20/h4-7,15,18H,8-11H2,1-3H3. The highest BCUT2D eigenvalue weighted by Crippen LogP contribution is 2.12. The highest BCUT2D eigenvalue weighted by atomic mass is 16.6. The number of rotatable bonds is 8. The van der Waals surface area contributed by atoms with Gasteiger partial charge in [-0.25, -0.2) is 0 Å². The summed E-state index contributed by atoms with van der Waals surface area (Å²) < 4.78 is 0. The van der Waals surface area contributed by atoms with E-state index in [1.165, 1.54) is 12.1 Å². The third-order valence-corrected chi connectivity index (χ3v) is 2.90. The molecule has 0 aromatic heterocycles. The number of aliphatic hydroxyl groups is 1. The van der Waals surface area contributed by atoms with Crippen LogP contribution in [0.4, 0.5) is 5.69 Å². The summed E-state index contributed by atoms with van der Waals surface area (Å²) in [6, 6.07) is 6.55. The van der Waals surface area contributed by atoms with Gasteiger partial charge in [-0.2, -0.15) is 0 Å². The maximum Gasteiger partial charge on any atom is 0.269 e. The van der Waals surface area contributed by atoms with E-state index in [9.17, 15) is 15.2 Å². The van der Waals surface area contributed by atoms with Gasteiger partial charge in [0.2, 0.25) is 0 Å². The second-order valence-corrected chi connectivity index (χ2v) is 5.59. The first-order valence-corrected chi connectivity index (χ1v) is 6.61. The summed E-state index contributed by atoms with van der Waals surface area (Å²) in [7, 11) is 3.84. The van der Waals surface area contributed by atoms with Crippen molar-refractivity contribution < 1.29 is 10.0 Å². The Morgan fingerprint density at radius 2 is 1.95 bits per heavy atom. The van der Waals surface area contributed by atoms with E-state index in [1.807, 2.05) is 19.0 Å². The zero-order valence-corrected chi connectivity index (χ0v) is 12.3. The second-order valence-electron chi connectivity index (χ2n) is 5.59. The Morgan fingerprint density at radius 3 is 2.45 bits per heavy atom. The van der Waals surface area contributed by atoms with Crippen LogP contribution in [0.25, 0.3) is 0 Å². The van der Waals surface area contributed by atoms with Crippen molar-refractivity contribution in [2.75, 3.05) is 33.7 Å². The van der Waals surface area contributed by atoms with E-state index in [0.717, 1.165) is 18.5 Å². The first-order valence-electron chi connectivity index (χ1n) is 6.61. The SMILES string of the molecule is CN(C)CC(C)(O)CNCCc1ccc([N+](=O)[O-])cc1. The second kappa shape index (κ2) is 7.33. The van der Waals surface area contributed by atoms with E-state index in [0.29, 0.717) is 13.1 Å². The first kappa shape index (κ1) is 16.6. The van der Waals surface area contributed by atoms with E-state index >= 15 is 0 Å². The molecule has 0 heterocycles. The van der Waals surface area contributed by atoms with Crippen LogP contribution in [0.5, 0.6) is 0 Å². The van der Waals surface area contributed by atoms with Crippen LogP contribution in [0, 0.1) is 10.1 Å². The molecule has 0 spiro atoms. The van der Waals surface area contributed by atoms with Crippen molar-refractivity contribution in [2.24, 2.45) is 0 Å². The van der Waals surface area contributed by atoms with Gasteiger partial charge in [-0.05, 0) is 39.5 Å². The van der Waals surface area contributed by atoms with Crippen molar-refractivity contribution in [1.82, 2.24) is 10.2 Å². The number of nitro benzene ring substituents is 1. The molecule has 1 aromatic carbocycles. The Labute approximate surface area is 119 Å². The lowest BCUT2D eigenvalue weighted by atomic mass is 10.1. The van der Waals surface area contributed by atoms with Crippen molar-refractivity contribution in [3.63, 3.8) is 0 Å². The highest BCUT2D eigenvalue weighted by molar-refractivity contribution is 5.32. The van der Waals surface area contributed by atoms with E-state index < -0.39 is 10.5 Å². The zero-order valence-electron chi connectivity index (χ0n) is 12.3. The molecule has 1 unspecified atom stereocenters. The van der Waals surface area contributed by atoms with Crippen molar-refractivity contribution >= 4 is 5.69 Å². The summed E-state index contributed by atoms with van der Waals surface area (Å²) >= 11 is 0. The van der Waals surface area contributed by atoms with Crippen LogP contribution < -0.4 is 5.32 Å². The minimum atomic E-state index is -0.765. The van der Waals surface area contributed by atoms with Crippen LogP contribution in [0.15, 0.2) is 24.3 Å². The molecule has 0 aliphatic heterocycles. The molecular formula is C14H23N3O3. The van der Waals surface area contributed by atoms with Gasteiger partial charge in [-0.3, -0.25) is 10.1 Å². The van der Waals surface area contributed by atoms with Crippen molar-refractivity contribution in [1.29, 1.82) is 0 Å². The predicted molar refractivity (Wildman–Crippen MR) is 78.8 cm³/mol. The zero-order chi connectivity index (χ0) is 15.2. The van der Waals surface area contributed by atoms with Crippen LogP contribution in [0.3, 0.4) is 0 Å². The number of hydrogen-bond acceptors (Lipinski definition) is 5. The summed E-state index contributed by atoms with van der Waals surface area (Å²) in [5.41, 5.74) is 0.380. The summed E-state index contributed by atoms with van der Waals surface area (Å²) in [5, 5.41) is 23.8. The molecule has 1 atom stereocenters. The fourth-order valence-electron chi connectivity index (χ4n) is 2.11. The maximum absolute atomic E-state index is 10.5. The molecule has 0 bridgehead atoms. The number of non-ortho nitro benzene ring substituents is 1. The van der Waals surface area contributed by atoms with Gasteiger partial charge in [0.25, 0.3) is 5.69 Å². The molecule has 0 saturated carbocycles. The molecule has 1 rings (SSSR count). The monoisotopic (exact) mass is 281 g/mol. The highest BCUT2D eigenvalue weighted by Gasteiger charge is 2.20. The average Bonchev–Trinajstić information content (AvgIpc) is 2.33. The minimum absolute atomic E-state index is 0.107. The molecule has 0 fully saturated rings. The maximum atomic E-state index is 10.5. The molecule has 6 nitrogen and oxygen atoms in total. The third-order valence-electron chi connectivity index (χ3n) is 2.90. The van der Waals surface area contributed by atoms with Crippen molar-refractivity contribution in [3.05, 3.63) is 39.9 Å². The molecule has 6 heteroatoms. The van der Waals surface area contributed by atoms with Crippen LogP contribution in [0.1, 0.15) is 12.5 Å². The Bertz CT molecular complexity index is 430. The molecule has 20 heavy (non-hydrogen) atoms. The largest absolute Gasteiger partial charge is 0.388 e. The van der Waals surface area contributed by atoms with Crippen LogP contribution in [0.2, 0.25) is 0 Å². The van der Waals surface area contributed by atoms with E-state index in [-0.39, 0.29) is 5.69 Å². The Kier molecular flexibility index (Phi) is 6.06. The summed E-state index contributed by atoms with van der Waals surface area (Å²) in [6.45, 7) is 3.63. The lowest BCUT2D eigenvalue weighted by Crippen LogP contribution is -2.45. The fraction of sp³-hybridized carbons (Fsp3) is 0.571. The molecule has 0 aliphatic rings. The first-order chi connectivity index (χ1) is 9.30. The Morgan fingerprint density at radius 1 is 1.35 bits per heavy atom. The summed E-state index contributed by atoms with van der Waals surface area (Å²) in [6.07, 6.45) is 0.774. The number of nitrogens with zero attached hydrogens (tertiary/aromatic N) is 2. The molecule has 0 amide bonds. The lowest BCUT2D eigenvalue weighted by molar-refractivity contribution is -0.384. The molecule has 0 aliphatic carbocycles. The van der Waals surface area contributed by atoms with Gasteiger partial charge in [0.1, 0.15) is 0 Å². The number of nitrogens with one attached hydrogen (secondary N) is 1. The van der Waals surface area contributed by atoms with Crippen molar-refractivity contribution in [2.45, 2.75) is 18.9 Å². The minimum Gasteiger partial charge on any atom is -0.388 e. The van der Waals surface area contributed by atoms with E-state index in [2.05, 4.69) is 5.32 Å². The number of nitro groups is 1. The molecule has 1 aromatic rings. The van der Waals surface area contributed by atoms with Gasteiger partial charge in [-0.15, -0.1) is 0 Å². The fourth-order valence-corrected chi connectivity index (χ4v) is 2.11. The van der Waals surface area contributed by atoms with Gasteiger partial charge >= 0.3 is 0 Å². The predicted octanol–water partition coefficient (Wildman–Crippen LogP) is 1.04. The smallest absolute Gasteiger partial charge is 0.269 e. The molecule has 2 N–H and O–H groups in total. The quantitative estimate of drug-likeness (QED) is 0.423. The van der Waals surface area contributed by atoms with E-state index in [1.54, 1.807) is 19.1 Å². The molecule has 112 valence electrons. The van der Waals surface area contributed by atoms with Crippen LogP contribution in [-0.2, 0) is 6.42 Å². The van der Waals surface area contributed by atoms with Gasteiger partial charge in [-0.1, -0.05) is 12.1 Å². The topological polar surface area (TPSA) is 78.6 Å². The van der Waals surface area contributed by atoms with Gasteiger partial charge in [0, 0.05) is 25.2 Å². The van der Waals surface area contributed by atoms with Crippen LogP contribution in [-0.4, -0.2) is 54.3 Å². The van der Waals surface area contributed by atoms with Gasteiger partial charge in [0.05, 0.1) is 10.5 Å². The lowest BCUT2D eigenvalue weighted by Gasteiger charge is -2.27. The number of likely N-dealkylation sites (N-methyl/N-ethyl adjacent to an activating group) is 1. The molecular weight excluding hydrogens is 258 g/mol. The normalized spacial score (nSPS) is 14.2. The van der Waals surface area contributed by atoms with E-state index in [4.69, 9.17) is 0 Å².